The molecular formula is C9H11NOS2. The molecule has 0 saturated carbocycles. The number of rotatable bonds is 3. The lowest BCUT2D eigenvalue weighted by atomic mass is 10.2. The summed E-state index contributed by atoms with van der Waals surface area (Å²) in [5, 5.41) is 0.0205. The molecule has 13 heavy (non-hydrogen) atoms. The van der Waals surface area contributed by atoms with E-state index in [0.717, 1.165) is 5.75 Å². The molecule has 0 amide bonds. The van der Waals surface area contributed by atoms with Crippen molar-refractivity contribution in [3.05, 3.63) is 29.8 Å². The molecule has 0 spiro atoms. The van der Waals surface area contributed by atoms with Crippen LogP contribution in [-0.2, 0) is 0 Å². The first-order valence-electron chi connectivity index (χ1n) is 3.88. The Morgan fingerprint density at radius 3 is 2.77 bits per heavy atom. The molecule has 0 fully saturated rings. The van der Waals surface area contributed by atoms with Gasteiger partial charge in [-0.2, -0.15) is 12.6 Å². The fourth-order valence-electron chi connectivity index (χ4n) is 0.899. The number of carbonyl (C=O) groups is 1. The maximum atomic E-state index is 11.5. The summed E-state index contributed by atoms with van der Waals surface area (Å²) in [5.74, 6) is 1.42. The van der Waals surface area contributed by atoms with Crippen molar-refractivity contribution in [2.75, 3.05) is 17.2 Å². The molecule has 0 radical (unpaired) electrons. The van der Waals surface area contributed by atoms with Gasteiger partial charge >= 0.3 is 0 Å². The molecular weight excluding hydrogens is 202 g/mol. The number of nitrogen functional groups attached to an aromatic ring is 1. The van der Waals surface area contributed by atoms with Gasteiger partial charge in [-0.05, 0) is 17.9 Å². The maximum absolute atomic E-state index is 11.5. The fourth-order valence-corrected chi connectivity index (χ4v) is 1.79. The van der Waals surface area contributed by atoms with E-state index in [4.69, 9.17) is 5.73 Å². The van der Waals surface area contributed by atoms with Gasteiger partial charge in [0.25, 0.3) is 0 Å². The SMILES string of the molecule is Nc1ccccc1C(=O)SCCS. The molecule has 2 nitrogen and oxygen atoms in total. The molecule has 0 saturated heterocycles. The maximum Gasteiger partial charge on any atom is 0.221 e. The molecule has 0 aliphatic carbocycles. The van der Waals surface area contributed by atoms with Gasteiger partial charge in [0.2, 0.25) is 5.12 Å². The number of hydrogen-bond acceptors (Lipinski definition) is 4. The van der Waals surface area contributed by atoms with Gasteiger partial charge in [-0.25, -0.2) is 0 Å². The van der Waals surface area contributed by atoms with E-state index in [-0.39, 0.29) is 5.12 Å². The molecule has 0 aliphatic rings. The van der Waals surface area contributed by atoms with Crippen LogP contribution in [0.2, 0.25) is 0 Å². The molecule has 70 valence electrons. The predicted molar refractivity (Wildman–Crippen MR) is 61.5 cm³/mol. The van der Waals surface area contributed by atoms with E-state index in [0.29, 0.717) is 17.0 Å². The van der Waals surface area contributed by atoms with Crippen LogP contribution >= 0.6 is 24.4 Å². The standard InChI is InChI=1S/C9H11NOS2/c10-8-4-2-1-3-7(8)9(11)13-6-5-12/h1-4,12H,5-6,10H2. The Bertz CT molecular complexity index is 301. The molecule has 2 N–H and O–H groups in total. The summed E-state index contributed by atoms with van der Waals surface area (Å²) in [5.41, 5.74) is 6.77. The predicted octanol–water partition coefficient (Wildman–Crippen LogP) is 2.07. The van der Waals surface area contributed by atoms with E-state index in [1.807, 2.05) is 12.1 Å². The lowest BCUT2D eigenvalue weighted by Crippen LogP contribution is -2.00. The molecule has 4 heteroatoms. The van der Waals surface area contributed by atoms with Crippen LogP contribution in [-0.4, -0.2) is 16.6 Å². The van der Waals surface area contributed by atoms with Crippen LogP contribution in [0.4, 0.5) is 5.69 Å². The van der Waals surface area contributed by atoms with Crippen molar-refractivity contribution < 1.29 is 4.79 Å². The van der Waals surface area contributed by atoms with Gasteiger partial charge in [0.15, 0.2) is 0 Å². The summed E-state index contributed by atoms with van der Waals surface area (Å²) in [6.45, 7) is 0. The van der Waals surface area contributed by atoms with Crippen LogP contribution in [0.3, 0.4) is 0 Å². The first-order valence-corrected chi connectivity index (χ1v) is 5.50. The van der Waals surface area contributed by atoms with Crippen molar-refractivity contribution in [1.82, 2.24) is 0 Å². The molecule has 1 rings (SSSR count). The minimum absolute atomic E-state index is 0.0205. The number of carbonyl (C=O) groups excluding carboxylic acids is 1. The van der Waals surface area contributed by atoms with Crippen molar-refractivity contribution in [3.63, 3.8) is 0 Å². The minimum atomic E-state index is 0.0205. The Kier molecular flexibility index (Phi) is 4.18. The lowest BCUT2D eigenvalue weighted by molar-refractivity contribution is 0.109. The highest BCUT2D eigenvalue weighted by Gasteiger charge is 2.08. The van der Waals surface area contributed by atoms with Gasteiger partial charge in [-0.15, -0.1) is 0 Å². The Morgan fingerprint density at radius 2 is 2.15 bits per heavy atom. The second-order valence-electron chi connectivity index (χ2n) is 2.45. The summed E-state index contributed by atoms with van der Waals surface area (Å²) in [4.78, 5) is 11.5. The van der Waals surface area contributed by atoms with Crippen LogP contribution < -0.4 is 5.73 Å². The molecule has 0 aliphatic heterocycles. The smallest absolute Gasteiger partial charge is 0.221 e. The average molecular weight is 213 g/mol. The number of nitrogens with two attached hydrogens (primary N) is 1. The van der Waals surface area contributed by atoms with E-state index >= 15 is 0 Å². The molecule has 0 atom stereocenters. The van der Waals surface area contributed by atoms with Crippen LogP contribution in [0.5, 0.6) is 0 Å². The molecule has 0 heterocycles. The Hall–Kier alpha value is -0.610. The van der Waals surface area contributed by atoms with Crippen LogP contribution in [0, 0.1) is 0 Å². The van der Waals surface area contributed by atoms with E-state index in [1.54, 1.807) is 12.1 Å². The highest BCUT2D eigenvalue weighted by atomic mass is 32.2. The fraction of sp³-hybridized carbons (Fsp3) is 0.222. The third kappa shape index (κ3) is 2.97. The molecule has 1 aromatic carbocycles. The van der Waals surface area contributed by atoms with Crippen LogP contribution in [0.1, 0.15) is 10.4 Å². The molecule has 0 aromatic heterocycles. The first-order chi connectivity index (χ1) is 6.25. The van der Waals surface area contributed by atoms with Gasteiger partial charge in [0.1, 0.15) is 0 Å². The highest BCUT2D eigenvalue weighted by molar-refractivity contribution is 8.14. The second kappa shape index (κ2) is 5.19. The highest BCUT2D eigenvalue weighted by Crippen LogP contribution is 2.18. The Labute approximate surface area is 87.3 Å². The zero-order valence-electron chi connectivity index (χ0n) is 7.06. The van der Waals surface area contributed by atoms with E-state index in [2.05, 4.69) is 12.6 Å². The Balaban J connectivity index is 2.71. The summed E-state index contributed by atoms with van der Waals surface area (Å²) in [6.07, 6.45) is 0. The van der Waals surface area contributed by atoms with Gasteiger partial charge in [0.05, 0.1) is 5.56 Å². The topological polar surface area (TPSA) is 43.1 Å². The van der Waals surface area contributed by atoms with E-state index in [1.165, 1.54) is 11.8 Å². The molecule has 1 aromatic rings. The monoisotopic (exact) mass is 213 g/mol. The van der Waals surface area contributed by atoms with Gasteiger partial charge in [-0.3, -0.25) is 4.79 Å². The largest absolute Gasteiger partial charge is 0.398 e. The van der Waals surface area contributed by atoms with Gasteiger partial charge < -0.3 is 5.73 Å². The third-order valence-corrected chi connectivity index (χ3v) is 2.92. The zero-order chi connectivity index (χ0) is 9.68. The van der Waals surface area contributed by atoms with Gasteiger partial charge in [0, 0.05) is 11.4 Å². The van der Waals surface area contributed by atoms with Crippen molar-refractivity contribution in [3.8, 4) is 0 Å². The summed E-state index contributed by atoms with van der Waals surface area (Å²) < 4.78 is 0. The molecule has 0 bridgehead atoms. The van der Waals surface area contributed by atoms with E-state index in [9.17, 15) is 4.79 Å². The second-order valence-corrected chi connectivity index (χ2v) is 3.96. The normalized spacial score (nSPS) is 9.92. The molecule has 0 unspecified atom stereocenters. The minimum Gasteiger partial charge on any atom is -0.398 e. The number of thioether (sulfide) groups is 1. The quantitative estimate of drug-likeness (QED) is 0.596. The third-order valence-electron chi connectivity index (χ3n) is 1.51. The zero-order valence-corrected chi connectivity index (χ0v) is 8.78. The van der Waals surface area contributed by atoms with Crippen LogP contribution in [0.25, 0.3) is 0 Å². The van der Waals surface area contributed by atoms with Crippen molar-refractivity contribution in [2.24, 2.45) is 0 Å². The summed E-state index contributed by atoms with van der Waals surface area (Å²) >= 11 is 5.28. The summed E-state index contributed by atoms with van der Waals surface area (Å²) in [6, 6.07) is 7.10. The van der Waals surface area contributed by atoms with Crippen molar-refractivity contribution >= 4 is 35.2 Å². The number of hydrogen-bond donors (Lipinski definition) is 2. The average Bonchev–Trinajstić information content (AvgIpc) is 2.15. The lowest BCUT2D eigenvalue weighted by Gasteiger charge is -2.02. The van der Waals surface area contributed by atoms with Crippen LogP contribution in [0.15, 0.2) is 24.3 Å². The first kappa shape index (κ1) is 10.5. The summed E-state index contributed by atoms with van der Waals surface area (Å²) in [7, 11) is 0. The van der Waals surface area contributed by atoms with Gasteiger partial charge in [-0.1, -0.05) is 23.9 Å². The number of para-hydroxylation sites is 1. The van der Waals surface area contributed by atoms with E-state index < -0.39 is 0 Å². The number of anilines is 1. The van der Waals surface area contributed by atoms with Crippen molar-refractivity contribution in [2.45, 2.75) is 0 Å². The number of thiol groups is 1. The number of benzene rings is 1. The Morgan fingerprint density at radius 1 is 1.46 bits per heavy atom. The van der Waals surface area contributed by atoms with Crippen molar-refractivity contribution in [1.29, 1.82) is 0 Å².